The largest absolute Gasteiger partial charge is 0.370 e. The Morgan fingerprint density at radius 3 is 2.72 bits per heavy atom. The molecule has 1 aromatic carbocycles. The Balaban J connectivity index is 1.75. The minimum atomic E-state index is 0.398. The summed E-state index contributed by atoms with van der Waals surface area (Å²) in [7, 11) is 0. The van der Waals surface area contributed by atoms with Gasteiger partial charge in [0.1, 0.15) is 5.82 Å². The van der Waals surface area contributed by atoms with Gasteiger partial charge in [-0.15, -0.1) is 0 Å². The first-order chi connectivity index (χ1) is 8.92. The molecular formula is C15H17N3. The van der Waals surface area contributed by atoms with Gasteiger partial charge >= 0.3 is 0 Å². The summed E-state index contributed by atoms with van der Waals surface area (Å²) in [6.45, 7) is 1.04. The Bertz CT molecular complexity index is 554. The molecule has 4 rings (SSSR count). The van der Waals surface area contributed by atoms with Gasteiger partial charge in [-0.05, 0) is 24.8 Å². The van der Waals surface area contributed by atoms with Crippen LogP contribution in [-0.4, -0.2) is 16.3 Å². The quantitative estimate of drug-likeness (QED) is 0.872. The van der Waals surface area contributed by atoms with E-state index in [0.29, 0.717) is 6.04 Å². The SMILES string of the molecule is c1ccc(C2CCNc3cc(C4CC4)nn32)cc1. The van der Waals surface area contributed by atoms with Crippen molar-refractivity contribution in [1.29, 1.82) is 0 Å². The lowest BCUT2D eigenvalue weighted by molar-refractivity contribution is 0.478. The lowest BCUT2D eigenvalue weighted by Crippen LogP contribution is -2.24. The zero-order valence-electron chi connectivity index (χ0n) is 10.3. The van der Waals surface area contributed by atoms with E-state index in [4.69, 9.17) is 5.10 Å². The Hall–Kier alpha value is -1.77. The average Bonchev–Trinajstić information content (AvgIpc) is 3.18. The number of fused-ring (bicyclic) bond motifs is 1. The van der Waals surface area contributed by atoms with Gasteiger partial charge in [0.05, 0.1) is 11.7 Å². The second kappa shape index (κ2) is 3.87. The van der Waals surface area contributed by atoms with Crippen molar-refractivity contribution in [1.82, 2.24) is 9.78 Å². The number of nitrogens with zero attached hydrogens (tertiary/aromatic N) is 2. The Morgan fingerprint density at radius 1 is 1.11 bits per heavy atom. The molecular weight excluding hydrogens is 222 g/mol. The second-order valence-electron chi connectivity index (χ2n) is 5.32. The molecule has 1 aromatic heterocycles. The second-order valence-corrected chi connectivity index (χ2v) is 5.32. The molecule has 2 aliphatic rings. The van der Waals surface area contributed by atoms with Gasteiger partial charge in [-0.1, -0.05) is 30.3 Å². The molecule has 0 bridgehead atoms. The van der Waals surface area contributed by atoms with Crippen LogP contribution in [0.3, 0.4) is 0 Å². The van der Waals surface area contributed by atoms with E-state index in [0.717, 1.165) is 18.9 Å². The average molecular weight is 239 g/mol. The maximum Gasteiger partial charge on any atom is 0.125 e. The van der Waals surface area contributed by atoms with Crippen molar-refractivity contribution in [3.63, 3.8) is 0 Å². The minimum Gasteiger partial charge on any atom is -0.370 e. The van der Waals surface area contributed by atoms with E-state index in [1.165, 1.54) is 29.9 Å². The van der Waals surface area contributed by atoms with Gasteiger partial charge in [-0.3, -0.25) is 0 Å². The molecule has 1 aliphatic heterocycles. The fourth-order valence-corrected chi connectivity index (χ4v) is 2.80. The van der Waals surface area contributed by atoms with Crippen LogP contribution in [0.2, 0.25) is 0 Å². The van der Waals surface area contributed by atoms with Gasteiger partial charge in [0.2, 0.25) is 0 Å². The minimum absolute atomic E-state index is 0.398. The van der Waals surface area contributed by atoms with Crippen LogP contribution < -0.4 is 5.32 Å². The number of anilines is 1. The van der Waals surface area contributed by atoms with Gasteiger partial charge in [0.15, 0.2) is 0 Å². The molecule has 1 N–H and O–H groups in total. The lowest BCUT2D eigenvalue weighted by Gasteiger charge is -2.25. The van der Waals surface area contributed by atoms with Gasteiger partial charge in [-0.25, -0.2) is 4.68 Å². The van der Waals surface area contributed by atoms with E-state index in [2.05, 4.69) is 46.4 Å². The van der Waals surface area contributed by atoms with Crippen molar-refractivity contribution in [2.75, 3.05) is 11.9 Å². The summed E-state index contributed by atoms with van der Waals surface area (Å²) in [5.74, 6) is 1.92. The van der Waals surface area contributed by atoms with Crippen molar-refractivity contribution >= 4 is 5.82 Å². The number of aromatic nitrogens is 2. The van der Waals surface area contributed by atoms with Gasteiger partial charge < -0.3 is 5.32 Å². The van der Waals surface area contributed by atoms with Crippen LogP contribution in [-0.2, 0) is 0 Å². The highest BCUT2D eigenvalue weighted by atomic mass is 15.4. The van der Waals surface area contributed by atoms with E-state index in [-0.39, 0.29) is 0 Å². The standard InChI is InChI=1S/C15H17N3/c1-2-4-12(5-3-1)14-8-9-16-15-10-13(11-6-7-11)17-18(14)15/h1-5,10-11,14,16H,6-9H2. The molecule has 2 aromatic rings. The zero-order chi connectivity index (χ0) is 11.9. The van der Waals surface area contributed by atoms with Crippen LogP contribution in [0.25, 0.3) is 0 Å². The molecule has 1 aliphatic carbocycles. The van der Waals surface area contributed by atoms with Crippen LogP contribution in [0.15, 0.2) is 36.4 Å². The number of hydrogen-bond donors (Lipinski definition) is 1. The maximum absolute atomic E-state index is 4.82. The molecule has 1 saturated carbocycles. The van der Waals surface area contributed by atoms with Gasteiger partial charge in [-0.2, -0.15) is 5.10 Å². The lowest BCUT2D eigenvalue weighted by atomic mass is 10.0. The van der Waals surface area contributed by atoms with E-state index in [1.54, 1.807) is 0 Å². The van der Waals surface area contributed by atoms with E-state index in [9.17, 15) is 0 Å². The summed E-state index contributed by atoms with van der Waals surface area (Å²) in [5, 5.41) is 8.29. The van der Waals surface area contributed by atoms with Crippen LogP contribution in [0, 0.1) is 0 Å². The highest BCUT2D eigenvalue weighted by molar-refractivity contribution is 5.43. The molecule has 2 heterocycles. The van der Waals surface area contributed by atoms with Crippen LogP contribution in [0.5, 0.6) is 0 Å². The summed E-state index contributed by atoms with van der Waals surface area (Å²) >= 11 is 0. The molecule has 0 amide bonds. The Labute approximate surface area is 107 Å². The molecule has 18 heavy (non-hydrogen) atoms. The fourth-order valence-electron chi connectivity index (χ4n) is 2.80. The summed E-state index contributed by atoms with van der Waals surface area (Å²) in [6, 6.07) is 13.4. The topological polar surface area (TPSA) is 29.9 Å². The maximum atomic E-state index is 4.82. The number of hydrogen-bond acceptors (Lipinski definition) is 2. The molecule has 3 heteroatoms. The van der Waals surface area contributed by atoms with Crippen molar-refractivity contribution in [2.24, 2.45) is 0 Å². The molecule has 0 spiro atoms. The summed E-state index contributed by atoms with van der Waals surface area (Å²) in [4.78, 5) is 0. The monoisotopic (exact) mass is 239 g/mol. The van der Waals surface area contributed by atoms with Crippen molar-refractivity contribution in [3.8, 4) is 0 Å². The molecule has 0 radical (unpaired) electrons. The van der Waals surface area contributed by atoms with E-state index in [1.807, 2.05) is 0 Å². The summed E-state index contributed by atoms with van der Waals surface area (Å²) in [6.07, 6.45) is 3.74. The normalized spacial score (nSPS) is 22.3. The number of benzene rings is 1. The third-order valence-electron chi connectivity index (χ3n) is 3.95. The molecule has 0 saturated heterocycles. The molecule has 3 nitrogen and oxygen atoms in total. The molecule has 1 fully saturated rings. The van der Waals surface area contributed by atoms with Crippen molar-refractivity contribution in [3.05, 3.63) is 47.7 Å². The summed E-state index contributed by atoms with van der Waals surface area (Å²) in [5.41, 5.74) is 2.64. The number of rotatable bonds is 2. The highest BCUT2D eigenvalue weighted by Crippen LogP contribution is 2.41. The predicted molar refractivity (Wildman–Crippen MR) is 71.9 cm³/mol. The van der Waals surface area contributed by atoms with Crippen LogP contribution in [0.4, 0.5) is 5.82 Å². The molecule has 1 unspecified atom stereocenters. The van der Waals surface area contributed by atoms with E-state index >= 15 is 0 Å². The first-order valence-electron chi connectivity index (χ1n) is 6.80. The highest BCUT2D eigenvalue weighted by Gasteiger charge is 2.30. The van der Waals surface area contributed by atoms with Crippen molar-refractivity contribution < 1.29 is 0 Å². The molecule has 92 valence electrons. The third-order valence-corrected chi connectivity index (χ3v) is 3.95. The predicted octanol–water partition coefficient (Wildman–Crippen LogP) is 3.17. The Kier molecular flexibility index (Phi) is 2.19. The summed E-state index contributed by atoms with van der Waals surface area (Å²) < 4.78 is 2.19. The van der Waals surface area contributed by atoms with Crippen LogP contribution >= 0.6 is 0 Å². The molecule has 1 atom stereocenters. The number of nitrogens with one attached hydrogen (secondary N) is 1. The Morgan fingerprint density at radius 2 is 1.94 bits per heavy atom. The third kappa shape index (κ3) is 1.62. The van der Waals surface area contributed by atoms with Crippen LogP contribution in [0.1, 0.15) is 42.5 Å². The van der Waals surface area contributed by atoms with Gasteiger partial charge in [0.25, 0.3) is 0 Å². The van der Waals surface area contributed by atoms with Gasteiger partial charge in [0, 0.05) is 18.5 Å². The first-order valence-corrected chi connectivity index (χ1v) is 6.80. The van der Waals surface area contributed by atoms with Crippen molar-refractivity contribution in [2.45, 2.75) is 31.2 Å². The zero-order valence-corrected chi connectivity index (χ0v) is 10.3. The van der Waals surface area contributed by atoms with E-state index < -0.39 is 0 Å². The smallest absolute Gasteiger partial charge is 0.125 e. The fraction of sp³-hybridized carbons (Fsp3) is 0.400. The first kappa shape index (κ1) is 10.2.